The van der Waals surface area contributed by atoms with Gasteiger partial charge in [-0.05, 0) is 32.1 Å². The number of carbonyl (C=O) groups excluding carboxylic acids is 1. The molecule has 0 aliphatic carbocycles. The number of nitrogens with zero attached hydrogens (tertiary/aromatic N) is 4. The van der Waals surface area contributed by atoms with Crippen LogP contribution in [0.2, 0.25) is 0 Å². The number of benzene rings is 2. The number of nitro benzene ring substituents is 2. The molecule has 2 aromatic heterocycles. The Hall–Kier alpha value is -5.57. The van der Waals surface area contributed by atoms with Crippen LogP contribution >= 0.6 is 11.3 Å². The Balaban J connectivity index is 1.71. The van der Waals surface area contributed by atoms with Crippen LogP contribution in [0.4, 0.5) is 11.4 Å². The lowest BCUT2D eigenvalue weighted by Crippen LogP contribution is -2.39. The summed E-state index contributed by atoms with van der Waals surface area (Å²) in [6.45, 7) is 3.32. The third-order valence-electron chi connectivity index (χ3n) is 6.77. The van der Waals surface area contributed by atoms with E-state index < -0.39 is 27.4 Å². The maximum Gasteiger partial charge on any atom is 0.338 e. The number of non-ortho nitro benzene ring substituents is 1. The van der Waals surface area contributed by atoms with Gasteiger partial charge in [0.05, 0.1) is 46.5 Å². The zero-order valence-electron chi connectivity index (χ0n) is 23.8. The minimum atomic E-state index is -1.09. The molecule has 15 heteroatoms. The van der Waals surface area contributed by atoms with Crippen LogP contribution in [0.25, 0.3) is 17.4 Å². The second-order valence-electron chi connectivity index (χ2n) is 9.33. The van der Waals surface area contributed by atoms with E-state index in [1.807, 2.05) is 0 Å². The van der Waals surface area contributed by atoms with E-state index in [1.165, 1.54) is 55.2 Å². The Morgan fingerprint density at radius 3 is 2.50 bits per heavy atom. The SMILES string of the molecule is CCOC(=O)C1=C(C)N=c2s/c(=C\c3cc([N+](=O)[O-])c(OC)cc3OC)c(=O)n2[C@@H]1c1ccc(-c2cccc([N+](=O)[O-])c2)o1. The molecule has 0 amide bonds. The summed E-state index contributed by atoms with van der Waals surface area (Å²) in [7, 11) is 2.67. The van der Waals surface area contributed by atoms with Crippen molar-refractivity contribution < 1.29 is 33.3 Å². The Bertz CT molecular complexity index is 2040. The van der Waals surface area contributed by atoms with Crippen molar-refractivity contribution in [3.8, 4) is 22.8 Å². The summed E-state index contributed by atoms with van der Waals surface area (Å²) in [5.74, 6) is -0.0229. The number of thiazole rings is 1. The number of aromatic nitrogens is 1. The van der Waals surface area contributed by atoms with E-state index in [1.54, 1.807) is 32.0 Å². The van der Waals surface area contributed by atoms with Crippen molar-refractivity contribution >= 4 is 34.8 Å². The molecule has 5 rings (SSSR count). The average molecular weight is 621 g/mol. The fraction of sp³-hybridized carbons (Fsp3) is 0.207. The topological polar surface area (TPSA) is 179 Å². The lowest BCUT2D eigenvalue weighted by molar-refractivity contribution is -0.385. The normalized spacial score (nSPS) is 14.5. The zero-order chi connectivity index (χ0) is 31.7. The van der Waals surface area contributed by atoms with Gasteiger partial charge in [-0.3, -0.25) is 29.6 Å². The van der Waals surface area contributed by atoms with Crippen LogP contribution in [0.1, 0.15) is 31.2 Å². The van der Waals surface area contributed by atoms with Gasteiger partial charge in [-0.2, -0.15) is 0 Å². The van der Waals surface area contributed by atoms with E-state index >= 15 is 0 Å². The van der Waals surface area contributed by atoms with Crippen LogP contribution in [-0.2, 0) is 9.53 Å². The molecule has 0 spiro atoms. The maximum absolute atomic E-state index is 14.0. The van der Waals surface area contributed by atoms with Gasteiger partial charge >= 0.3 is 11.7 Å². The van der Waals surface area contributed by atoms with Crippen molar-refractivity contribution in [2.45, 2.75) is 19.9 Å². The first kappa shape index (κ1) is 29.9. The molecule has 0 saturated heterocycles. The number of esters is 1. The number of methoxy groups -OCH3 is 2. The standard InChI is InChI=1S/C29H24N4O10S/c1-5-42-28(35)25-15(2)30-29-31(26(25)21-10-9-20(43-21)16-7-6-8-18(11-16)32(36)37)27(34)24(44-29)13-17-12-19(33(38)39)23(41-4)14-22(17)40-3/h6-14,26H,5H2,1-4H3/b24-13-/t26-/m1/s1. The molecule has 2 aromatic carbocycles. The summed E-state index contributed by atoms with van der Waals surface area (Å²) in [4.78, 5) is 53.7. The van der Waals surface area contributed by atoms with Gasteiger partial charge in [0.1, 0.15) is 23.3 Å². The van der Waals surface area contributed by atoms with Crippen LogP contribution in [0, 0.1) is 20.2 Å². The van der Waals surface area contributed by atoms with Crippen LogP contribution in [-0.4, -0.2) is 41.2 Å². The van der Waals surface area contributed by atoms with Gasteiger partial charge in [0.15, 0.2) is 4.80 Å². The first-order valence-electron chi connectivity index (χ1n) is 13.0. The fourth-order valence-electron chi connectivity index (χ4n) is 4.79. The summed E-state index contributed by atoms with van der Waals surface area (Å²) >= 11 is 1.01. The lowest BCUT2D eigenvalue weighted by atomic mass is 10.0. The minimum absolute atomic E-state index is 0.0162. The second kappa shape index (κ2) is 12.0. The molecule has 0 radical (unpaired) electrons. The van der Waals surface area contributed by atoms with Gasteiger partial charge < -0.3 is 18.6 Å². The summed E-state index contributed by atoms with van der Waals surface area (Å²) in [6.07, 6.45) is 1.44. The van der Waals surface area contributed by atoms with Gasteiger partial charge in [-0.15, -0.1) is 0 Å². The lowest BCUT2D eigenvalue weighted by Gasteiger charge is -2.22. The highest BCUT2D eigenvalue weighted by atomic mass is 32.1. The number of carbonyl (C=O) groups is 1. The molecule has 0 fully saturated rings. The molecule has 0 N–H and O–H groups in total. The number of hydrogen-bond donors (Lipinski definition) is 0. The van der Waals surface area contributed by atoms with Crippen molar-refractivity contribution in [1.29, 1.82) is 0 Å². The van der Waals surface area contributed by atoms with Gasteiger partial charge in [-0.25, -0.2) is 9.79 Å². The molecule has 1 atom stereocenters. The van der Waals surface area contributed by atoms with Crippen LogP contribution in [0.5, 0.6) is 11.5 Å². The van der Waals surface area contributed by atoms with Crippen LogP contribution in [0.3, 0.4) is 0 Å². The maximum atomic E-state index is 14.0. The van der Waals surface area contributed by atoms with Gasteiger partial charge in [0, 0.05) is 35.4 Å². The van der Waals surface area contributed by atoms with E-state index in [0.29, 0.717) is 11.3 Å². The summed E-state index contributed by atoms with van der Waals surface area (Å²) in [5.41, 5.74) is 0.0246. The summed E-state index contributed by atoms with van der Waals surface area (Å²) < 4.78 is 23.4. The monoisotopic (exact) mass is 620 g/mol. The first-order chi connectivity index (χ1) is 21.1. The summed E-state index contributed by atoms with van der Waals surface area (Å²) in [5, 5.41) is 23.0. The number of allylic oxidation sites excluding steroid dienone is 1. The quantitative estimate of drug-likeness (QED) is 0.151. The molecule has 226 valence electrons. The molecule has 14 nitrogen and oxygen atoms in total. The smallest absolute Gasteiger partial charge is 0.338 e. The van der Waals surface area contributed by atoms with Crippen molar-refractivity contribution in [3.63, 3.8) is 0 Å². The Morgan fingerprint density at radius 1 is 1.09 bits per heavy atom. The molecule has 1 aliphatic rings. The van der Waals surface area contributed by atoms with Crippen molar-refractivity contribution in [2.24, 2.45) is 4.99 Å². The molecule has 1 aliphatic heterocycles. The van der Waals surface area contributed by atoms with Crippen LogP contribution < -0.4 is 24.4 Å². The van der Waals surface area contributed by atoms with Crippen molar-refractivity contribution in [1.82, 2.24) is 4.57 Å². The van der Waals surface area contributed by atoms with E-state index in [9.17, 15) is 29.8 Å². The minimum Gasteiger partial charge on any atom is -0.496 e. The highest BCUT2D eigenvalue weighted by Crippen LogP contribution is 2.36. The highest BCUT2D eigenvalue weighted by molar-refractivity contribution is 7.07. The number of fused-ring (bicyclic) bond motifs is 1. The number of furan rings is 1. The molecule has 44 heavy (non-hydrogen) atoms. The van der Waals surface area contributed by atoms with Gasteiger partial charge in [0.25, 0.3) is 11.2 Å². The highest BCUT2D eigenvalue weighted by Gasteiger charge is 2.35. The molecule has 0 saturated carbocycles. The van der Waals surface area contributed by atoms with E-state index in [-0.39, 0.29) is 61.5 Å². The second-order valence-corrected chi connectivity index (χ2v) is 10.3. The Kier molecular flexibility index (Phi) is 8.13. The van der Waals surface area contributed by atoms with Crippen molar-refractivity contribution in [3.05, 3.63) is 111 Å². The first-order valence-corrected chi connectivity index (χ1v) is 13.8. The largest absolute Gasteiger partial charge is 0.496 e. The van der Waals surface area contributed by atoms with Crippen molar-refractivity contribution in [2.75, 3.05) is 20.8 Å². The van der Waals surface area contributed by atoms with E-state index in [4.69, 9.17) is 18.6 Å². The van der Waals surface area contributed by atoms with Crippen LogP contribution in [0.15, 0.2) is 74.0 Å². The molecule has 0 bridgehead atoms. The molecule has 0 unspecified atom stereocenters. The average Bonchev–Trinajstić information content (AvgIpc) is 3.61. The molecular weight excluding hydrogens is 596 g/mol. The number of nitro groups is 2. The fourth-order valence-corrected chi connectivity index (χ4v) is 5.83. The molecule has 3 heterocycles. The number of rotatable bonds is 9. The predicted molar refractivity (Wildman–Crippen MR) is 157 cm³/mol. The Morgan fingerprint density at radius 2 is 1.84 bits per heavy atom. The molecule has 4 aromatic rings. The Labute approximate surface area is 252 Å². The summed E-state index contributed by atoms with van der Waals surface area (Å²) in [6, 6.07) is 10.5. The van der Waals surface area contributed by atoms with E-state index in [2.05, 4.69) is 4.99 Å². The molecular formula is C29H24N4O10S. The zero-order valence-corrected chi connectivity index (χ0v) is 24.6. The predicted octanol–water partition coefficient (Wildman–Crippen LogP) is 3.89. The van der Waals surface area contributed by atoms with Gasteiger partial charge in [-0.1, -0.05) is 23.5 Å². The van der Waals surface area contributed by atoms with E-state index in [0.717, 1.165) is 11.3 Å². The number of ether oxygens (including phenoxy) is 3. The van der Waals surface area contributed by atoms with Gasteiger partial charge in [0.2, 0.25) is 5.75 Å². The third-order valence-corrected chi connectivity index (χ3v) is 7.75. The number of hydrogen-bond acceptors (Lipinski definition) is 12. The third kappa shape index (κ3) is 5.35.